The Bertz CT molecular complexity index is 264. The second-order valence-corrected chi connectivity index (χ2v) is 6.59. The van der Waals surface area contributed by atoms with Crippen molar-refractivity contribution in [3.05, 3.63) is 0 Å². The molecule has 2 fully saturated rings. The van der Waals surface area contributed by atoms with Gasteiger partial charge in [-0.2, -0.15) is 11.8 Å². The first-order chi connectivity index (χ1) is 9.34. The fourth-order valence-corrected chi connectivity index (χ4v) is 3.74. The molecule has 110 valence electrons. The van der Waals surface area contributed by atoms with Crippen molar-refractivity contribution in [2.75, 3.05) is 24.7 Å². The number of hydrogen-bond acceptors (Lipinski definition) is 3. The maximum atomic E-state index is 11.7. The third kappa shape index (κ3) is 6.04. The van der Waals surface area contributed by atoms with Crippen LogP contribution in [0.5, 0.6) is 0 Å². The SMILES string of the molecule is O=C(NCCCOC1CCCC1)N[C@@H]1CCCSC1. The molecule has 1 aliphatic carbocycles. The topological polar surface area (TPSA) is 50.4 Å². The van der Waals surface area contributed by atoms with Crippen LogP contribution in [0.3, 0.4) is 0 Å². The molecule has 19 heavy (non-hydrogen) atoms. The number of nitrogens with one attached hydrogen (secondary N) is 2. The number of thioether (sulfide) groups is 1. The van der Waals surface area contributed by atoms with Crippen LogP contribution in [0.1, 0.15) is 44.9 Å². The third-order valence-electron chi connectivity index (χ3n) is 3.76. The largest absolute Gasteiger partial charge is 0.378 e. The maximum absolute atomic E-state index is 11.7. The second kappa shape index (κ2) is 8.69. The quantitative estimate of drug-likeness (QED) is 0.738. The lowest BCUT2D eigenvalue weighted by Crippen LogP contribution is -2.44. The van der Waals surface area contributed by atoms with Crippen LogP contribution in [0.25, 0.3) is 0 Å². The van der Waals surface area contributed by atoms with E-state index in [0.717, 1.165) is 25.2 Å². The van der Waals surface area contributed by atoms with Crippen molar-refractivity contribution in [1.82, 2.24) is 10.6 Å². The molecular formula is C14H26N2O2S. The van der Waals surface area contributed by atoms with Gasteiger partial charge in [-0.3, -0.25) is 0 Å². The van der Waals surface area contributed by atoms with Gasteiger partial charge in [-0.25, -0.2) is 4.79 Å². The molecule has 0 aromatic heterocycles. The van der Waals surface area contributed by atoms with E-state index in [1.54, 1.807) is 0 Å². The van der Waals surface area contributed by atoms with Crippen LogP contribution in [0.15, 0.2) is 0 Å². The molecule has 1 atom stereocenters. The van der Waals surface area contributed by atoms with E-state index in [2.05, 4.69) is 10.6 Å². The molecule has 1 saturated heterocycles. The predicted octanol–water partition coefficient (Wildman–Crippen LogP) is 2.53. The molecular weight excluding hydrogens is 260 g/mol. The van der Waals surface area contributed by atoms with Crippen LogP contribution in [-0.4, -0.2) is 42.8 Å². The first-order valence-corrected chi connectivity index (χ1v) is 8.74. The molecule has 5 heteroatoms. The second-order valence-electron chi connectivity index (χ2n) is 5.45. The molecule has 1 aliphatic heterocycles. The van der Waals surface area contributed by atoms with E-state index in [1.807, 2.05) is 11.8 Å². The van der Waals surface area contributed by atoms with Gasteiger partial charge in [0.1, 0.15) is 0 Å². The average molecular weight is 286 g/mol. The van der Waals surface area contributed by atoms with Gasteiger partial charge in [-0.05, 0) is 37.9 Å². The Morgan fingerprint density at radius 2 is 2.05 bits per heavy atom. The number of urea groups is 1. The highest BCUT2D eigenvalue weighted by Crippen LogP contribution is 2.20. The minimum absolute atomic E-state index is 0.0200. The zero-order valence-electron chi connectivity index (χ0n) is 11.7. The highest BCUT2D eigenvalue weighted by Gasteiger charge is 2.16. The summed E-state index contributed by atoms with van der Waals surface area (Å²) in [5.74, 6) is 2.29. The molecule has 2 rings (SSSR count). The van der Waals surface area contributed by atoms with E-state index in [4.69, 9.17) is 4.74 Å². The van der Waals surface area contributed by atoms with Gasteiger partial charge in [0.25, 0.3) is 0 Å². The Hall–Kier alpha value is -0.420. The zero-order valence-corrected chi connectivity index (χ0v) is 12.5. The minimum atomic E-state index is -0.0200. The Balaban J connectivity index is 1.44. The van der Waals surface area contributed by atoms with Gasteiger partial charge < -0.3 is 15.4 Å². The third-order valence-corrected chi connectivity index (χ3v) is 4.97. The lowest BCUT2D eigenvalue weighted by Gasteiger charge is -2.22. The Morgan fingerprint density at radius 1 is 1.21 bits per heavy atom. The summed E-state index contributed by atoms with van der Waals surface area (Å²) in [7, 11) is 0. The van der Waals surface area contributed by atoms with E-state index < -0.39 is 0 Å². The smallest absolute Gasteiger partial charge is 0.315 e. The van der Waals surface area contributed by atoms with E-state index >= 15 is 0 Å². The van der Waals surface area contributed by atoms with Crippen molar-refractivity contribution < 1.29 is 9.53 Å². The van der Waals surface area contributed by atoms with Crippen molar-refractivity contribution >= 4 is 17.8 Å². The monoisotopic (exact) mass is 286 g/mol. The van der Waals surface area contributed by atoms with Crippen LogP contribution in [0.4, 0.5) is 4.79 Å². The summed E-state index contributed by atoms with van der Waals surface area (Å²) in [5.41, 5.74) is 0. The minimum Gasteiger partial charge on any atom is -0.378 e. The van der Waals surface area contributed by atoms with Gasteiger partial charge in [-0.15, -0.1) is 0 Å². The Labute approximate surface area is 120 Å². The summed E-state index contributed by atoms with van der Waals surface area (Å²) in [6.45, 7) is 1.47. The highest BCUT2D eigenvalue weighted by atomic mass is 32.2. The first kappa shape index (κ1) is 15.0. The van der Waals surface area contributed by atoms with Crippen LogP contribution < -0.4 is 10.6 Å². The molecule has 4 nitrogen and oxygen atoms in total. The summed E-state index contributed by atoms with van der Waals surface area (Å²) in [4.78, 5) is 11.7. The van der Waals surface area contributed by atoms with Crippen LogP contribution in [0, 0.1) is 0 Å². The van der Waals surface area contributed by atoms with Gasteiger partial charge >= 0.3 is 6.03 Å². The van der Waals surface area contributed by atoms with Gasteiger partial charge in [0.15, 0.2) is 0 Å². The molecule has 0 spiro atoms. The van der Waals surface area contributed by atoms with Crippen LogP contribution >= 0.6 is 11.8 Å². The predicted molar refractivity (Wildman–Crippen MR) is 79.7 cm³/mol. The molecule has 0 bridgehead atoms. The lowest BCUT2D eigenvalue weighted by atomic mass is 10.2. The summed E-state index contributed by atoms with van der Waals surface area (Å²) in [6.07, 6.45) is 8.77. The van der Waals surface area contributed by atoms with Gasteiger partial charge in [-0.1, -0.05) is 12.8 Å². The van der Waals surface area contributed by atoms with Gasteiger partial charge in [0.05, 0.1) is 6.10 Å². The standard InChI is InChI=1S/C14H26N2O2S/c17-14(16-12-5-3-10-19-11-12)15-8-4-9-18-13-6-1-2-7-13/h12-13H,1-11H2,(H2,15,16,17)/t12-/m1/s1. The van der Waals surface area contributed by atoms with E-state index in [-0.39, 0.29) is 6.03 Å². The highest BCUT2D eigenvalue weighted by molar-refractivity contribution is 7.99. The molecule has 2 N–H and O–H groups in total. The number of rotatable bonds is 6. The fourth-order valence-electron chi connectivity index (χ4n) is 2.67. The molecule has 0 radical (unpaired) electrons. The van der Waals surface area contributed by atoms with E-state index in [9.17, 15) is 4.79 Å². The Morgan fingerprint density at radius 3 is 2.79 bits per heavy atom. The fraction of sp³-hybridized carbons (Fsp3) is 0.929. The molecule has 2 aliphatic rings. The summed E-state index contributed by atoms with van der Waals surface area (Å²) in [6, 6.07) is 0.335. The molecule has 0 aromatic carbocycles. The average Bonchev–Trinajstić information content (AvgIpc) is 2.92. The van der Waals surface area contributed by atoms with E-state index in [1.165, 1.54) is 37.9 Å². The molecule has 0 aromatic rings. The van der Waals surface area contributed by atoms with Gasteiger partial charge in [0.2, 0.25) is 0 Å². The molecule has 1 saturated carbocycles. The van der Waals surface area contributed by atoms with Crippen molar-refractivity contribution in [3.63, 3.8) is 0 Å². The van der Waals surface area contributed by atoms with E-state index in [0.29, 0.717) is 18.7 Å². The summed E-state index contributed by atoms with van der Waals surface area (Å²) < 4.78 is 5.76. The van der Waals surface area contributed by atoms with Crippen molar-refractivity contribution in [3.8, 4) is 0 Å². The summed E-state index contributed by atoms with van der Waals surface area (Å²) >= 11 is 1.93. The van der Waals surface area contributed by atoms with Gasteiger partial charge in [0, 0.05) is 24.9 Å². The molecule has 2 amide bonds. The van der Waals surface area contributed by atoms with Crippen molar-refractivity contribution in [1.29, 1.82) is 0 Å². The van der Waals surface area contributed by atoms with Crippen LogP contribution in [-0.2, 0) is 4.74 Å². The molecule has 0 unspecified atom stereocenters. The first-order valence-electron chi connectivity index (χ1n) is 7.58. The zero-order chi connectivity index (χ0) is 13.3. The molecule has 1 heterocycles. The van der Waals surface area contributed by atoms with Crippen molar-refractivity contribution in [2.45, 2.75) is 57.1 Å². The number of carbonyl (C=O) groups is 1. The summed E-state index contributed by atoms with van der Waals surface area (Å²) in [5, 5.41) is 5.96. The maximum Gasteiger partial charge on any atom is 0.315 e. The Kier molecular flexibility index (Phi) is 6.85. The van der Waals surface area contributed by atoms with Crippen LogP contribution in [0.2, 0.25) is 0 Å². The number of carbonyl (C=O) groups excluding carboxylic acids is 1. The lowest BCUT2D eigenvalue weighted by molar-refractivity contribution is 0.0572. The number of amides is 2. The number of hydrogen-bond donors (Lipinski definition) is 2. The number of ether oxygens (including phenoxy) is 1. The normalized spacial score (nSPS) is 24.3. The van der Waals surface area contributed by atoms with Crippen molar-refractivity contribution in [2.24, 2.45) is 0 Å².